The lowest BCUT2D eigenvalue weighted by Gasteiger charge is -2.12. The number of azo groups is 1. The summed E-state index contributed by atoms with van der Waals surface area (Å²) in [6.45, 7) is 0. The van der Waals surface area contributed by atoms with E-state index in [1.165, 1.54) is 9.36 Å². The first kappa shape index (κ1) is 24.5. The SMILES string of the molecule is COc1ccc(N=N/C=C(/Cc2ccccc2)c2c(O)n(-c3ccccc3)n(-c3ccccc3)c2=O)cc1. The van der Waals surface area contributed by atoms with E-state index in [4.69, 9.17) is 4.74 Å². The Hall–Kier alpha value is -5.17. The molecule has 1 N–H and O–H groups in total. The lowest BCUT2D eigenvalue weighted by Crippen LogP contribution is -2.21. The second-order valence-corrected chi connectivity index (χ2v) is 8.53. The molecule has 188 valence electrons. The first-order valence-electron chi connectivity index (χ1n) is 12.1. The van der Waals surface area contributed by atoms with Gasteiger partial charge in [-0.25, -0.2) is 9.36 Å². The number of rotatable bonds is 8. The van der Waals surface area contributed by atoms with Gasteiger partial charge < -0.3 is 9.84 Å². The molecule has 0 unspecified atom stereocenters. The van der Waals surface area contributed by atoms with Gasteiger partial charge in [-0.15, -0.1) is 0 Å². The number of aromatic hydroxyl groups is 1. The molecule has 0 radical (unpaired) electrons. The highest BCUT2D eigenvalue weighted by Crippen LogP contribution is 2.30. The molecule has 0 aliphatic rings. The molecule has 7 heteroatoms. The van der Waals surface area contributed by atoms with Crippen LogP contribution in [0, 0.1) is 0 Å². The van der Waals surface area contributed by atoms with Gasteiger partial charge in [0.25, 0.3) is 5.56 Å². The number of para-hydroxylation sites is 2. The molecule has 1 aromatic heterocycles. The number of hydrogen-bond acceptors (Lipinski definition) is 5. The van der Waals surface area contributed by atoms with Crippen LogP contribution in [0.3, 0.4) is 0 Å². The average Bonchev–Trinajstić information content (AvgIpc) is 3.23. The summed E-state index contributed by atoms with van der Waals surface area (Å²) in [7, 11) is 1.60. The molecule has 38 heavy (non-hydrogen) atoms. The Bertz CT molecular complexity index is 1620. The lowest BCUT2D eigenvalue weighted by molar-refractivity contribution is 0.415. The summed E-state index contributed by atoms with van der Waals surface area (Å²) >= 11 is 0. The first-order chi connectivity index (χ1) is 18.7. The summed E-state index contributed by atoms with van der Waals surface area (Å²) in [5.41, 5.74) is 3.22. The summed E-state index contributed by atoms with van der Waals surface area (Å²) in [6, 6.07) is 35.4. The van der Waals surface area contributed by atoms with Crippen molar-refractivity contribution in [2.45, 2.75) is 6.42 Å². The summed E-state index contributed by atoms with van der Waals surface area (Å²) < 4.78 is 8.19. The van der Waals surface area contributed by atoms with E-state index in [0.29, 0.717) is 29.1 Å². The molecule has 0 saturated carbocycles. The number of benzene rings is 4. The monoisotopic (exact) mass is 502 g/mol. The molecule has 0 aliphatic carbocycles. The van der Waals surface area contributed by atoms with E-state index in [1.54, 1.807) is 37.6 Å². The van der Waals surface area contributed by atoms with E-state index in [2.05, 4.69) is 10.2 Å². The smallest absolute Gasteiger partial charge is 0.283 e. The highest BCUT2D eigenvalue weighted by atomic mass is 16.5. The van der Waals surface area contributed by atoms with Gasteiger partial charge in [0, 0.05) is 6.42 Å². The minimum atomic E-state index is -0.362. The molecule has 5 rings (SSSR count). The molecule has 4 aromatic carbocycles. The van der Waals surface area contributed by atoms with E-state index in [9.17, 15) is 9.90 Å². The minimum absolute atomic E-state index is 0.162. The highest BCUT2D eigenvalue weighted by Gasteiger charge is 2.25. The molecule has 0 atom stereocenters. The molecule has 0 fully saturated rings. The van der Waals surface area contributed by atoms with Crippen LogP contribution in [0.1, 0.15) is 11.1 Å². The number of hydrogen-bond donors (Lipinski definition) is 1. The van der Waals surface area contributed by atoms with E-state index in [1.807, 2.05) is 91.0 Å². The van der Waals surface area contributed by atoms with Crippen LogP contribution in [0.5, 0.6) is 11.6 Å². The topological polar surface area (TPSA) is 81.1 Å². The van der Waals surface area contributed by atoms with Crippen molar-refractivity contribution < 1.29 is 9.84 Å². The minimum Gasteiger partial charge on any atom is -0.497 e. The van der Waals surface area contributed by atoms with E-state index >= 15 is 0 Å². The number of aromatic nitrogens is 2. The maximum atomic E-state index is 14.0. The second-order valence-electron chi connectivity index (χ2n) is 8.53. The van der Waals surface area contributed by atoms with Crippen LogP contribution < -0.4 is 10.3 Å². The number of allylic oxidation sites excluding steroid dienone is 1. The molecule has 1 heterocycles. The Kier molecular flexibility index (Phi) is 7.27. The Morgan fingerprint density at radius 2 is 1.34 bits per heavy atom. The summed E-state index contributed by atoms with van der Waals surface area (Å²) in [5.74, 6) is 0.546. The van der Waals surface area contributed by atoms with Gasteiger partial charge in [0.1, 0.15) is 11.3 Å². The zero-order chi connectivity index (χ0) is 26.3. The molecule has 7 nitrogen and oxygen atoms in total. The first-order valence-corrected chi connectivity index (χ1v) is 12.1. The Balaban J connectivity index is 1.67. The molecule has 0 spiro atoms. The molecule has 0 aliphatic heterocycles. The van der Waals surface area contributed by atoms with Crippen LogP contribution in [0.4, 0.5) is 5.69 Å². The van der Waals surface area contributed by atoms with Gasteiger partial charge in [-0.3, -0.25) is 4.79 Å². The van der Waals surface area contributed by atoms with Crippen LogP contribution in [0.2, 0.25) is 0 Å². The van der Waals surface area contributed by atoms with Crippen LogP contribution in [0.25, 0.3) is 16.9 Å². The zero-order valence-electron chi connectivity index (χ0n) is 20.8. The third kappa shape index (κ3) is 5.17. The van der Waals surface area contributed by atoms with Crippen LogP contribution in [-0.2, 0) is 6.42 Å². The van der Waals surface area contributed by atoms with Crippen molar-refractivity contribution in [3.8, 4) is 23.0 Å². The van der Waals surface area contributed by atoms with Gasteiger partial charge in [-0.05, 0) is 59.7 Å². The van der Waals surface area contributed by atoms with E-state index in [-0.39, 0.29) is 17.0 Å². The van der Waals surface area contributed by atoms with E-state index in [0.717, 1.165) is 11.3 Å². The van der Waals surface area contributed by atoms with Gasteiger partial charge >= 0.3 is 0 Å². The molecular formula is C31H26N4O3. The lowest BCUT2D eigenvalue weighted by atomic mass is 10.0. The van der Waals surface area contributed by atoms with Gasteiger partial charge in [0.2, 0.25) is 5.88 Å². The van der Waals surface area contributed by atoms with Crippen LogP contribution in [0.15, 0.2) is 136 Å². The molecule has 0 saturated heterocycles. The molecule has 0 amide bonds. The second kappa shape index (κ2) is 11.3. The zero-order valence-corrected chi connectivity index (χ0v) is 20.8. The van der Waals surface area contributed by atoms with Gasteiger partial charge in [0.15, 0.2) is 0 Å². The number of ether oxygens (including phenoxy) is 1. The quantitative estimate of drug-likeness (QED) is 0.240. The third-order valence-electron chi connectivity index (χ3n) is 6.05. The van der Waals surface area contributed by atoms with Crippen molar-refractivity contribution >= 4 is 11.3 Å². The fourth-order valence-corrected chi connectivity index (χ4v) is 4.21. The number of methoxy groups -OCH3 is 1. The third-order valence-corrected chi connectivity index (χ3v) is 6.05. The normalized spacial score (nSPS) is 11.7. The van der Waals surface area contributed by atoms with Gasteiger partial charge in [0.05, 0.1) is 30.4 Å². The maximum Gasteiger partial charge on any atom is 0.283 e. The Morgan fingerprint density at radius 1 is 0.789 bits per heavy atom. The molecule has 0 bridgehead atoms. The van der Waals surface area contributed by atoms with Gasteiger partial charge in [-0.2, -0.15) is 10.2 Å². The predicted octanol–water partition coefficient (Wildman–Crippen LogP) is 6.71. The van der Waals surface area contributed by atoms with Crippen molar-refractivity contribution in [2.24, 2.45) is 10.2 Å². The largest absolute Gasteiger partial charge is 0.497 e. The fourth-order valence-electron chi connectivity index (χ4n) is 4.21. The summed E-state index contributed by atoms with van der Waals surface area (Å²) in [6.07, 6.45) is 1.91. The standard InChI is InChI=1S/C31H26N4O3/c1-38-28-19-17-25(18-20-28)33-32-22-24(21-23-11-5-2-6-12-23)29-30(36)34(26-13-7-3-8-14-26)35(31(29)37)27-15-9-4-10-16-27/h2-20,22,36H,21H2,1H3/b24-22-,33-32?. The molecule has 5 aromatic rings. The highest BCUT2D eigenvalue weighted by molar-refractivity contribution is 5.72. The maximum absolute atomic E-state index is 14.0. The fraction of sp³-hybridized carbons (Fsp3) is 0.0645. The van der Waals surface area contributed by atoms with Crippen molar-refractivity contribution in [3.05, 3.63) is 143 Å². The Labute approximate surface area is 220 Å². The van der Waals surface area contributed by atoms with Crippen LogP contribution >= 0.6 is 0 Å². The van der Waals surface area contributed by atoms with Crippen molar-refractivity contribution in [1.82, 2.24) is 9.36 Å². The average molecular weight is 503 g/mol. The van der Waals surface area contributed by atoms with Crippen molar-refractivity contribution in [1.29, 1.82) is 0 Å². The van der Waals surface area contributed by atoms with Crippen LogP contribution in [-0.4, -0.2) is 21.6 Å². The van der Waals surface area contributed by atoms with Crippen molar-refractivity contribution in [2.75, 3.05) is 7.11 Å². The van der Waals surface area contributed by atoms with Crippen molar-refractivity contribution in [3.63, 3.8) is 0 Å². The van der Waals surface area contributed by atoms with E-state index < -0.39 is 0 Å². The number of nitrogens with zero attached hydrogens (tertiary/aromatic N) is 4. The molecular weight excluding hydrogens is 476 g/mol. The Morgan fingerprint density at radius 3 is 1.92 bits per heavy atom. The summed E-state index contributed by atoms with van der Waals surface area (Å²) in [4.78, 5) is 14.0. The predicted molar refractivity (Wildman–Crippen MR) is 149 cm³/mol. The van der Waals surface area contributed by atoms with Gasteiger partial charge in [-0.1, -0.05) is 66.7 Å². The summed E-state index contributed by atoms with van der Waals surface area (Å²) in [5, 5.41) is 20.1.